The lowest BCUT2D eigenvalue weighted by molar-refractivity contribution is -0.114. The van der Waals surface area contributed by atoms with E-state index in [9.17, 15) is 4.79 Å². The quantitative estimate of drug-likeness (QED) is 0.775. The lowest BCUT2D eigenvalue weighted by atomic mass is 10.00. The Morgan fingerprint density at radius 2 is 1.71 bits per heavy atom. The molecule has 4 rings (SSSR count). The molecule has 2 aromatic carbocycles. The molecule has 2 aliphatic rings. The van der Waals surface area contributed by atoms with Crippen LogP contribution in [0.15, 0.2) is 75.4 Å². The fourth-order valence-corrected chi connectivity index (χ4v) is 3.46. The lowest BCUT2D eigenvalue weighted by Crippen LogP contribution is -2.33. The van der Waals surface area contributed by atoms with Gasteiger partial charge in [0.15, 0.2) is 0 Å². The van der Waals surface area contributed by atoms with E-state index >= 15 is 0 Å². The SMILES string of the molecule is CC1=C2C(=O)N(c3ccccc3)N=C2CCN1c1ccc(Br)cc1. The molecule has 0 radical (unpaired) electrons. The van der Waals surface area contributed by atoms with Crippen LogP contribution in [0.5, 0.6) is 0 Å². The van der Waals surface area contributed by atoms with Gasteiger partial charge in [0.05, 0.1) is 17.0 Å². The molecule has 2 heterocycles. The van der Waals surface area contributed by atoms with E-state index in [-0.39, 0.29) is 5.91 Å². The number of hydrazone groups is 1. The van der Waals surface area contributed by atoms with Gasteiger partial charge in [0, 0.05) is 28.8 Å². The first-order valence-electron chi connectivity index (χ1n) is 7.86. The summed E-state index contributed by atoms with van der Waals surface area (Å²) in [5, 5.41) is 6.08. The van der Waals surface area contributed by atoms with Gasteiger partial charge in [0.1, 0.15) is 0 Å². The molecule has 2 aliphatic heterocycles. The van der Waals surface area contributed by atoms with Crippen LogP contribution in [0.1, 0.15) is 13.3 Å². The summed E-state index contributed by atoms with van der Waals surface area (Å²) in [5.74, 6) is -0.0458. The zero-order chi connectivity index (χ0) is 16.7. The van der Waals surface area contributed by atoms with E-state index in [1.54, 1.807) is 0 Å². The second kappa shape index (κ2) is 5.91. The number of halogens is 1. The molecule has 120 valence electrons. The summed E-state index contributed by atoms with van der Waals surface area (Å²) < 4.78 is 1.04. The van der Waals surface area contributed by atoms with Gasteiger partial charge in [-0.15, -0.1) is 0 Å². The number of hydrogen-bond donors (Lipinski definition) is 0. The van der Waals surface area contributed by atoms with Crippen molar-refractivity contribution in [3.63, 3.8) is 0 Å². The van der Waals surface area contributed by atoms with Crippen LogP contribution >= 0.6 is 15.9 Å². The van der Waals surface area contributed by atoms with Gasteiger partial charge in [-0.1, -0.05) is 34.1 Å². The van der Waals surface area contributed by atoms with Gasteiger partial charge in [-0.3, -0.25) is 4.79 Å². The lowest BCUT2D eigenvalue weighted by Gasteiger charge is -2.30. The van der Waals surface area contributed by atoms with Gasteiger partial charge in [0.25, 0.3) is 5.91 Å². The Labute approximate surface area is 149 Å². The van der Waals surface area contributed by atoms with Crippen LogP contribution in [0.25, 0.3) is 0 Å². The fourth-order valence-electron chi connectivity index (χ4n) is 3.19. The van der Waals surface area contributed by atoms with E-state index in [4.69, 9.17) is 0 Å². The molecule has 0 aliphatic carbocycles. The largest absolute Gasteiger partial charge is 0.344 e. The highest BCUT2D eigenvalue weighted by molar-refractivity contribution is 9.10. The van der Waals surface area contributed by atoms with Crippen molar-refractivity contribution in [2.45, 2.75) is 13.3 Å². The fraction of sp³-hybridized carbons (Fsp3) is 0.158. The molecule has 0 saturated carbocycles. The molecule has 5 heteroatoms. The molecule has 24 heavy (non-hydrogen) atoms. The summed E-state index contributed by atoms with van der Waals surface area (Å²) in [6.45, 7) is 2.82. The predicted molar refractivity (Wildman–Crippen MR) is 100 cm³/mol. The van der Waals surface area contributed by atoms with E-state index in [1.165, 1.54) is 5.01 Å². The first kappa shape index (κ1) is 15.1. The van der Waals surface area contributed by atoms with E-state index in [0.717, 1.165) is 45.8 Å². The van der Waals surface area contributed by atoms with Crippen LogP contribution in [0, 0.1) is 0 Å². The molecule has 0 unspecified atom stereocenters. The summed E-state index contributed by atoms with van der Waals surface area (Å²) in [4.78, 5) is 15.1. The normalized spacial score (nSPS) is 17.2. The number of amides is 1. The van der Waals surface area contributed by atoms with Crippen molar-refractivity contribution in [1.29, 1.82) is 0 Å². The maximum atomic E-state index is 12.9. The van der Waals surface area contributed by atoms with Crippen molar-refractivity contribution in [1.82, 2.24) is 0 Å². The third-order valence-electron chi connectivity index (χ3n) is 4.39. The Balaban J connectivity index is 1.72. The van der Waals surface area contributed by atoms with Crippen molar-refractivity contribution in [3.05, 3.63) is 70.3 Å². The molecular formula is C19H16BrN3O. The number of carbonyl (C=O) groups is 1. The predicted octanol–water partition coefficient (Wildman–Crippen LogP) is 4.34. The number of para-hydroxylation sites is 1. The van der Waals surface area contributed by atoms with E-state index in [2.05, 4.69) is 38.1 Å². The van der Waals surface area contributed by atoms with Crippen molar-refractivity contribution >= 4 is 38.9 Å². The minimum atomic E-state index is -0.0458. The average molecular weight is 382 g/mol. The van der Waals surface area contributed by atoms with Gasteiger partial charge < -0.3 is 4.90 Å². The van der Waals surface area contributed by atoms with Crippen molar-refractivity contribution in [2.24, 2.45) is 5.10 Å². The number of rotatable bonds is 2. The first-order valence-corrected chi connectivity index (χ1v) is 8.66. The maximum Gasteiger partial charge on any atom is 0.282 e. The number of hydrogen-bond acceptors (Lipinski definition) is 3. The number of fused-ring (bicyclic) bond motifs is 1. The van der Waals surface area contributed by atoms with Gasteiger partial charge in [-0.2, -0.15) is 10.1 Å². The van der Waals surface area contributed by atoms with Crippen LogP contribution in [-0.4, -0.2) is 18.2 Å². The molecule has 2 aromatic rings. The number of nitrogens with zero attached hydrogens (tertiary/aromatic N) is 3. The van der Waals surface area contributed by atoms with Crippen LogP contribution in [0.3, 0.4) is 0 Å². The molecule has 4 nitrogen and oxygen atoms in total. The molecule has 0 atom stereocenters. The smallest absolute Gasteiger partial charge is 0.282 e. The minimum absolute atomic E-state index is 0.0458. The Morgan fingerprint density at radius 1 is 1.00 bits per heavy atom. The van der Waals surface area contributed by atoms with Gasteiger partial charge in [0.2, 0.25) is 0 Å². The Hall–Kier alpha value is -2.40. The zero-order valence-electron chi connectivity index (χ0n) is 13.2. The first-order chi connectivity index (χ1) is 11.6. The highest BCUT2D eigenvalue weighted by Gasteiger charge is 2.36. The third kappa shape index (κ3) is 2.45. The molecule has 1 amide bonds. The molecule has 0 aromatic heterocycles. The van der Waals surface area contributed by atoms with Gasteiger partial charge in [-0.25, -0.2) is 0 Å². The average Bonchev–Trinajstić information content (AvgIpc) is 2.95. The molecular weight excluding hydrogens is 366 g/mol. The Morgan fingerprint density at radius 3 is 2.42 bits per heavy atom. The van der Waals surface area contributed by atoms with E-state index in [0.29, 0.717) is 0 Å². The summed E-state index contributed by atoms with van der Waals surface area (Å²) >= 11 is 3.46. The summed E-state index contributed by atoms with van der Waals surface area (Å²) in [7, 11) is 0. The Bertz CT molecular complexity index is 856. The minimum Gasteiger partial charge on any atom is -0.344 e. The number of anilines is 2. The third-order valence-corrected chi connectivity index (χ3v) is 4.92. The summed E-state index contributed by atoms with van der Waals surface area (Å²) in [5.41, 5.74) is 4.47. The van der Waals surface area contributed by atoms with Crippen LogP contribution in [-0.2, 0) is 4.79 Å². The van der Waals surface area contributed by atoms with Crippen molar-refractivity contribution in [3.8, 4) is 0 Å². The highest BCUT2D eigenvalue weighted by Crippen LogP contribution is 2.33. The van der Waals surface area contributed by atoms with Crippen molar-refractivity contribution < 1.29 is 4.79 Å². The Kier molecular flexibility index (Phi) is 3.73. The molecule has 0 saturated heterocycles. The van der Waals surface area contributed by atoms with E-state index < -0.39 is 0 Å². The molecule has 0 spiro atoms. The highest BCUT2D eigenvalue weighted by atomic mass is 79.9. The van der Waals surface area contributed by atoms with Gasteiger partial charge >= 0.3 is 0 Å². The second-order valence-electron chi connectivity index (χ2n) is 5.84. The van der Waals surface area contributed by atoms with Gasteiger partial charge in [-0.05, 0) is 43.3 Å². The summed E-state index contributed by atoms with van der Waals surface area (Å²) in [6, 6.07) is 17.7. The van der Waals surface area contributed by atoms with Crippen molar-refractivity contribution in [2.75, 3.05) is 16.5 Å². The topological polar surface area (TPSA) is 35.9 Å². The second-order valence-corrected chi connectivity index (χ2v) is 6.75. The summed E-state index contributed by atoms with van der Waals surface area (Å²) in [6.07, 6.45) is 0.762. The molecule has 0 fully saturated rings. The number of benzene rings is 2. The van der Waals surface area contributed by atoms with Crippen LogP contribution in [0.4, 0.5) is 11.4 Å². The number of carbonyl (C=O) groups excluding carboxylic acids is 1. The van der Waals surface area contributed by atoms with Crippen LogP contribution < -0.4 is 9.91 Å². The zero-order valence-corrected chi connectivity index (χ0v) is 14.8. The van der Waals surface area contributed by atoms with Crippen LogP contribution in [0.2, 0.25) is 0 Å². The molecule has 0 N–H and O–H groups in total. The number of allylic oxidation sites excluding steroid dienone is 1. The molecule has 0 bridgehead atoms. The standard InChI is InChI=1S/C19H16BrN3O/c1-13-18-17(11-12-22(13)15-9-7-14(20)8-10-15)21-23(19(18)24)16-5-3-2-4-6-16/h2-10H,11-12H2,1H3. The maximum absolute atomic E-state index is 12.9. The monoisotopic (exact) mass is 381 g/mol. The van der Waals surface area contributed by atoms with E-state index in [1.807, 2.05) is 49.4 Å².